The van der Waals surface area contributed by atoms with E-state index in [1.807, 2.05) is 49.4 Å². The van der Waals surface area contributed by atoms with Gasteiger partial charge in [-0.05, 0) is 55.4 Å². The molecular weight excluding hydrogens is 476 g/mol. The van der Waals surface area contributed by atoms with Crippen molar-refractivity contribution in [3.8, 4) is 0 Å². The fraction of sp³-hybridized carbons (Fsp3) is 0.333. The van der Waals surface area contributed by atoms with Gasteiger partial charge in [-0.25, -0.2) is 4.98 Å². The predicted octanol–water partition coefficient (Wildman–Crippen LogP) is 4.68. The minimum Gasteiger partial charge on any atom is -0.356 e. The number of amides is 1. The number of aromatic nitrogens is 2. The van der Waals surface area contributed by atoms with E-state index in [0.717, 1.165) is 43.5 Å². The van der Waals surface area contributed by atoms with Crippen LogP contribution in [0.2, 0.25) is 0 Å². The summed E-state index contributed by atoms with van der Waals surface area (Å²) in [6.07, 6.45) is 6.33. The molecule has 6 nitrogen and oxygen atoms in total. The molecule has 8 heteroatoms. The Morgan fingerprint density at radius 1 is 1.11 bits per heavy atom. The zero-order valence-corrected chi connectivity index (χ0v) is 21.6. The third-order valence-corrected chi connectivity index (χ3v) is 8.06. The summed E-state index contributed by atoms with van der Waals surface area (Å²) in [6, 6.07) is 13.9. The smallest absolute Gasteiger partial charge is 0.267 e. The van der Waals surface area contributed by atoms with E-state index in [9.17, 15) is 9.59 Å². The van der Waals surface area contributed by atoms with Gasteiger partial charge in [0.1, 0.15) is 15.8 Å². The lowest BCUT2D eigenvalue weighted by atomic mass is 9.99. The first-order chi connectivity index (χ1) is 16.9. The minimum atomic E-state index is -0.165. The van der Waals surface area contributed by atoms with Gasteiger partial charge in [0.15, 0.2) is 0 Å². The molecule has 3 aromatic rings. The molecule has 0 aliphatic carbocycles. The predicted molar refractivity (Wildman–Crippen MR) is 147 cm³/mol. The number of anilines is 1. The van der Waals surface area contributed by atoms with Gasteiger partial charge in [-0.1, -0.05) is 67.3 Å². The lowest BCUT2D eigenvalue weighted by Gasteiger charge is -2.32. The third-order valence-electron chi connectivity index (χ3n) is 6.68. The molecule has 180 valence electrons. The van der Waals surface area contributed by atoms with E-state index in [0.29, 0.717) is 38.7 Å². The van der Waals surface area contributed by atoms with Crippen LogP contribution in [0.15, 0.2) is 58.4 Å². The molecule has 0 radical (unpaired) electrons. The maximum Gasteiger partial charge on any atom is 0.267 e. The molecule has 0 bridgehead atoms. The quantitative estimate of drug-likeness (QED) is 0.371. The average Bonchev–Trinajstić information content (AvgIpc) is 3.13. The number of fused-ring (bicyclic) bond motifs is 1. The Hall–Kier alpha value is -2.97. The number of thiocarbonyl (C=S) groups is 1. The summed E-state index contributed by atoms with van der Waals surface area (Å²) in [7, 11) is 0. The van der Waals surface area contributed by atoms with Gasteiger partial charge >= 0.3 is 0 Å². The second-order valence-electron chi connectivity index (χ2n) is 9.33. The van der Waals surface area contributed by atoms with Crippen LogP contribution >= 0.6 is 24.0 Å². The molecule has 1 aromatic carbocycles. The topological polar surface area (TPSA) is 57.9 Å². The average molecular weight is 505 g/mol. The van der Waals surface area contributed by atoms with Crippen molar-refractivity contribution in [2.45, 2.75) is 33.1 Å². The monoisotopic (exact) mass is 504 g/mol. The fourth-order valence-electron chi connectivity index (χ4n) is 4.54. The van der Waals surface area contributed by atoms with Crippen LogP contribution in [0.1, 0.15) is 36.5 Å². The van der Waals surface area contributed by atoms with Gasteiger partial charge in [-0.3, -0.25) is 18.9 Å². The Bertz CT molecular complexity index is 1380. The van der Waals surface area contributed by atoms with Crippen molar-refractivity contribution in [1.29, 1.82) is 0 Å². The van der Waals surface area contributed by atoms with Crippen LogP contribution in [-0.4, -0.2) is 44.1 Å². The summed E-state index contributed by atoms with van der Waals surface area (Å²) >= 11 is 6.80. The Labute approximate surface area is 214 Å². The summed E-state index contributed by atoms with van der Waals surface area (Å²) < 4.78 is 2.10. The molecule has 0 spiro atoms. The Balaban J connectivity index is 1.51. The number of nitrogens with zero attached hydrogens (tertiary/aromatic N) is 4. The molecule has 2 saturated heterocycles. The second-order valence-corrected chi connectivity index (χ2v) is 11.0. The maximum atomic E-state index is 13.7. The molecule has 2 fully saturated rings. The van der Waals surface area contributed by atoms with E-state index >= 15 is 0 Å². The number of piperidine rings is 1. The first kappa shape index (κ1) is 23.8. The van der Waals surface area contributed by atoms with E-state index in [2.05, 4.69) is 11.8 Å². The Morgan fingerprint density at radius 2 is 1.86 bits per heavy atom. The number of benzene rings is 1. The van der Waals surface area contributed by atoms with Crippen LogP contribution in [0.5, 0.6) is 0 Å². The normalized spacial score (nSPS) is 18.3. The van der Waals surface area contributed by atoms with Gasteiger partial charge in [0.05, 0.1) is 10.5 Å². The van der Waals surface area contributed by atoms with Gasteiger partial charge in [0, 0.05) is 25.8 Å². The van der Waals surface area contributed by atoms with Crippen LogP contribution < -0.4 is 10.5 Å². The molecule has 5 rings (SSSR count). The van der Waals surface area contributed by atoms with Crippen molar-refractivity contribution >= 4 is 51.7 Å². The summed E-state index contributed by atoms with van der Waals surface area (Å²) in [5.41, 5.74) is 3.02. The SMILES string of the molecule is Cc1ccc2nc(N3CCC(C)CC3)c(/C=C3/SC(=S)N(CCc4ccccc4)C3=O)c(=O)n2c1. The molecule has 2 aromatic heterocycles. The molecular formula is C27H28N4O2S2. The highest BCUT2D eigenvalue weighted by molar-refractivity contribution is 8.26. The van der Waals surface area contributed by atoms with Gasteiger partial charge < -0.3 is 4.90 Å². The summed E-state index contributed by atoms with van der Waals surface area (Å²) in [5.74, 6) is 1.16. The third kappa shape index (κ3) is 4.90. The number of thioether (sulfide) groups is 1. The zero-order chi connectivity index (χ0) is 24.5. The maximum absolute atomic E-state index is 13.7. The lowest BCUT2D eigenvalue weighted by Crippen LogP contribution is -2.36. The molecule has 2 aliphatic rings. The van der Waals surface area contributed by atoms with Crippen molar-refractivity contribution in [2.75, 3.05) is 24.5 Å². The lowest BCUT2D eigenvalue weighted by molar-refractivity contribution is -0.122. The van der Waals surface area contributed by atoms with E-state index in [-0.39, 0.29) is 11.5 Å². The summed E-state index contributed by atoms with van der Waals surface area (Å²) in [4.78, 5) is 36.1. The molecule has 0 unspecified atom stereocenters. The van der Waals surface area contributed by atoms with Crippen molar-refractivity contribution in [2.24, 2.45) is 5.92 Å². The number of carbonyl (C=O) groups is 1. The number of pyridine rings is 1. The van der Waals surface area contributed by atoms with Crippen LogP contribution in [0.4, 0.5) is 5.82 Å². The van der Waals surface area contributed by atoms with E-state index < -0.39 is 0 Å². The standard InChI is InChI=1S/C27H28N4O2S2/c1-18-10-13-29(14-11-18)24-21(25(32)31-17-19(2)8-9-23(31)28-24)16-22-26(33)30(27(34)35-22)15-12-20-6-4-3-5-7-20/h3-9,16-18H,10-15H2,1-2H3/b22-16+. The van der Waals surface area contributed by atoms with E-state index in [4.69, 9.17) is 17.2 Å². The first-order valence-electron chi connectivity index (χ1n) is 12.0. The van der Waals surface area contributed by atoms with Crippen molar-refractivity contribution in [3.05, 3.63) is 80.6 Å². The van der Waals surface area contributed by atoms with Gasteiger partial charge in [0.25, 0.3) is 11.5 Å². The molecule has 1 amide bonds. The first-order valence-corrected chi connectivity index (χ1v) is 13.2. The molecule has 0 saturated carbocycles. The summed E-state index contributed by atoms with van der Waals surface area (Å²) in [5, 5.41) is 0. The highest BCUT2D eigenvalue weighted by Gasteiger charge is 2.33. The van der Waals surface area contributed by atoms with Crippen LogP contribution in [-0.2, 0) is 11.2 Å². The Kier molecular flexibility index (Phi) is 6.75. The highest BCUT2D eigenvalue weighted by Crippen LogP contribution is 2.34. The fourth-order valence-corrected chi connectivity index (χ4v) is 5.83. The molecule has 0 atom stereocenters. The van der Waals surface area contributed by atoms with Crippen molar-refractivity contribution < 1.29 is 4.79 Å². The van der Waals surface area contributed by atoms with Gasteiger partial charge in [-0.15, -0.1) is 0 Å². The molecule has 35 heavy (non-hydrogen) atoms. The zero-order valence-electron chi connectivity index (χ0n) is 19.9. The van der Waals surface area contributed by atoms with Crippen LogP contribution in [0.25, 0.3) is 11.7 Å². The van der Waals surface area contributed by atoms with E-state index in [1.54, 1.807) is 21.6 Å². The molecule has 0 N–H and O–H groups in total. The Morgan fingerprint density at radius 3 is 2.60 bits per heavy atom. The number of rotatable bonds is 5. The van der Waals surface area contributed by atoms with Gasteiger partial charge in [0.2, 0.25) is 0 Å². The van der Waals surface area contributed by atoms with Crippen molar-refractivity contribution in [1.82, 2.24) is 14.3 Å². The summed E-state index contributed by atoms with van der Waals surface area (Å²) in [6.45, 7) is 6.40. The number of hydrogen-bond donors (Lipinski definition) is 0. The largest absolute Gasteiger partial charge is 0.356 e. The number of hydrogen-bond acceptors (Lipinski definition) is 6. The number of aryl methyl sites for hydroxylation is 1. The molecule has 4 heterocycles. The second kappa shape index (κ2) is 9.95. The van der Waals surface area contributed by atoms with Gasteiger partial charge in [-0.2, -0.15) is 0 Å². The van der Waals surface area contributed by atoms with Crippen LogP contribution in [0.3, 0.4) is 0 Å². The number of carbonyl (C=O) groups excluding carboxylic acids is 1. The van der Waals surface area contributed by atoms with Crippen molar-refractivity contribution in [3.63, 3.8) is 0 Å². The highest BCUT2D eigenvalue weighted by atomic mass is 32.2. The molecule has 2 aliphatic heterocycles. The van der Waals surface area contributed by atoms with E-state index in [1.165, 1.54) is 11.8 Å². The van der Waals surface area contributed by atoms with Crippen LogP contribution in [0, 0.1) is 12.8 Å². The minimum absolute atomic E-state index is 0.150.